The molecular formula is C23H26N2O4S. The van der Waals surface area contributed by atoms with Gasteiger partial charge in [0.2, 0.25) is 15.9 Å². The Balaban J connectivity index is 1.43. The maximum Gasteiger partial charge on any atom is 0.243 e. The molecule has 0 aliphatic carbocycles. The first-order valence-electron chi connectivity index (χ1n) is 10.2. The first kappa shape index (κ1) is 20.6. The number of furan rings is 1. The topological polar surface area (TPSA) is 79.6 Å². The summed E-state index contributed by atoms with van der Waals surface area (Å²) in [4.78, 5) is 12.7. The van der Waals surface area contributed by atoms with E-state index < -0.39 is 10.0 Å². The van der Waals surface area contributed by atoms with E-state index in [0.29, 0.717) is 24.7 Å². The summed E-state index contributed by atoms with van der Waals surface area (Å²) in [6, 6.07) is 12.3. The lowest BCUT2D eigenvalue weighted by atomic mass is 10.0. The molecule has 0 unspecified atom stereocenters. The highest BCUT2D eigenvalue weighted by atomic mass is 32.2. The van der Waals surface area contributed by atoms with Crippen LogP contribution >= 0.6 is 0 Å². The number of fused-ring (bicyclic) bond motifs is 1. The molecule has 0 radical (unpaired) electrons. The van der Waals surface area contributed by atoms with Crippen molar-refractivity contribution in [2.75, 3.05) is 18.4 Å². The van der Waals surface area contributed by atoms with Gasteiger partial charge in [-0.2, -0.15) is 4.31 Å². The number of carbonyl (C=O) groups is 1. The summed E-state index contributed by atoms with van der Waals surface area (Å²) in [7, 11) is -3.50. The van der Waals surface area contributed by atoms with Crippen LogP contribution in [0.5, 0.6) is 0 Å². The number of sulfonamides is 1. The van der Waals surface area contributed by atoms with Crippen molar-refractivity contribution in [1.29, 1.82) is 0 Å². The SMILES string of the molecule is Cc1ccc2c(CC(=O)Nc3ccc(S(=O)(=O)N4CCC[C@H](C)C4)cc3)coc2c1. The Labute approximate surface area is 176 Å². The number of carbonyl (C=O) groups excluding carboxylic acids is 1. The molecule has 1 N–H and O–H groups in total. The van der Waals surface area contributed by atoms with Crippen molar-refractivity contribution < 1.29 is 17.6 Å². The van der Waals surface area contributed by atoms with E-state index in [1.807, 2.05) is 25.1 Å². The molecule has 158 valence electrons. The number of rotatable bonds is 5. The van der Waals surface area contributed by atoms with Crippen molar-refractivity contribution in [3.63, 3.8) is 0 Å². The van der Waals surface area contributed by atoms with Gasteiger partial charge in [-0.3, -0.25) is 4.79 Å². The molecule has 1 aromatic heterocycles. The molecule has 0 saturated carbocycles. The largest absolute Gasteiger partial charge is 0.464 e. The predicted molar refractivity (Wildman–Crippen MR) is 117 cm³/mol. The lowest BCUT2D eigenvalue weighted by Crippen LogP contribution is -2.39. The lowest BCUT2D eigenvalue weighted by Gasteiger charge is -2.30. The zero-order chi connectivity index (χ0) is 21.3. The van der Waals surface area contributed by atoms with Gasteiger partial charge < -0.3 is 9.73 Å². The van der Waals surface area contributed by atoms with Crippen LogP contribution in [0, 0.1) is 12.8 Å². The number of piperidine rings is 1. The summed E-state index contributed by atoms with van der Waals surface area (Å²) in [5, 5.41) is 3.76. The van der Waals surface area contributed by atoms with E-state index >= 15 is 0 Å². The van der Waals surface area contributed by atoms with Crippen LogP contribution < -0.4 is 5.32 Å². The Hall–Kier alpha value is -2.64. The third-order valence-electron chi connectivity index (χ3n) is 5.56. The lowest BCUT2D eigenvalue weighted by molar-refractivity contribution is -0.115. The molecule has 1 fully saturated rings. The molecule has 0 spiro atoms. The average Bonchev–Trinajstić information content (AvgIpc) is 3.10. The summed E-state index contributed by atoms with van der Waals surface area (Å²) < 4.78 is 32.8. The molecule has 1 aliphatic heterocycles. The summed E-state index contributed by atoms with van der Waals surface area (Å²) in [6.45, 7) is 5.18. The van der Waals surface area contributed by atoms with E-state index in [-0.39, 0.29) is 17.2 Å². The minimum atomic E-state index is -3.50. The van der Waals surface area contributed by atoms with Crippen molar-refractivity contribution in [1.82, 2.24) is 4.31 Å². The van der Waals surface area contributed by atoms with Crippen LogP contribution in [-0.4, -0.2) is 31.7 Å². The van der Waals surface area contributed by atoms with Crippen LogP contribution in [0.3, 0.4) is 0 Å². The fourth-order valence-corrected chi connectivity index (χ4v) is 5.53. The quantitative estimate of drug-likeness (QED) is 0.658. The number of nitrogens with one attached hydrogen (secondary N) is 1. The fraction of sp³-hybridized carbons (Fsp3) is 0.348. The maximum atomic E-state index is 12.9. The van der Waals surface area contributed by atoms with Gasteiger partial charge in [-0.15, -0.1) is 0 Å². The molecule has 6 nitrogen and oxygen atoms in total. The maximum absolute atomic E-state index is 12.9. The van der Waals surface area contributed by atoms with E-state index in [2.05, 4.69) is 12.2 Å². The Morgan fingerprint density at radius 1 is 1.20 bits per heavy atom. The van der Waals surface area contributed by atoms with Crippen molar-refractivity contribution in [3.05, 3.63) is 59.9 Å². The highest BCUT2D eigenvalue weighted by molar-refractivity contribution is 7.89. The molecule has 3 aromatic rings. The number of anilines is 1. The monoisotopic (exact) mass is 426 g/mol. The predicted octanol–water partition coefficient (Wildman–Crippen LogP) is 4.34. The first-order chi connectivity index (χ1) is 14.3. The van der Waals surface area contributed by atoms with Gasteiger partial charge >= 0.3 is 0 Å². The number of nitrogens with zero attached hydrogens (tertiary/aromatic N) is 1. The number of hydrogen-bond donors (Lipinski definition) is 1. The second-order valence-electron chi connectivity index (χ2n) is 8.12. The normalized spacial score (nSPS) is 17.9. The van der Waals surface area contributed by atoms with Gasteiger partial charge in [0.15, 0.2) is 0 Å². The van der Waals surface area contributed by atoms with Crippen LogP contribution in [0.1, 0.15) is 30.9 Å². The van der Waals surface area contributed by atoms with Gasteiger partial charge in [0.25, 0.3) is 0 Å². The zero-order valence-corrected chi connectivity index (χ0v) is 18.0. The Morgan fingerprint density at radius 3 is 2.70 bits per heavy atom. The Morgan fingerprint density at radius 2 is 1.97 bits per heavy atom. The number of hydrogen-bond acceptors (Lipinski definition) is 4. The molecule has 1 saturated heterocycles. The summed E-state index contributed by atoms with van der Waals surface area (Å²) in [5.41, 5.74) is 3.25. The first-order valence-corrected chi connectivity index (χ1v) is 11.6. The fourth-order valence-electron chi connectivity index (χ4n) is 3.93. The third kappa shape index (κ3) is 4.27. The highest BCUT2D eigenvalue weighted by Gasteiger charge is 2.28. The van der Waals surface area contributed by atoms with E-state index in [4.69, 9.17) is 4.42 Å². The van der Waals surface area contributed by atoms with Gasteiger partial charge in [-0.05, 0) is 61.6 Å². The molecular weight excluding hydrogens is 400 g/mol. The van der Waals surface area contributed by atoms with Gasteiger partial charge in [-0.25, -0.2) is 8.42 Å². The van der Waals surface area contributed by atoms with Crippen LogP contribution in [0.4, 0.5) is 5.69 Å². The summed E-state index contributed by atoms with van der Waals surface area (Å²) in [5.74, 6) is 0.189. The average molecular weight is 427 g/mol. The van der Waals surface area contributed by atoms with Crippen molar-refractivity contribution in [2.45, 2.75) is 38.0 Å². The van der Waals surface area contributed by atoms with Gasteiger partial charge in [-0.1, -0.05) is 19.1 Å². The number of amides is 1. The zero-order valence-electron chi connectivity index (χ0n) is 17.2. The molecule has 1 aliphatic rings. The standard InChI is InChI=1S/C23H26N2O4S/c1-16-5-10-21-18(15-29-22(21)12-16)13-23(26)24-19-6-8-20(9-7-19)30(27,28)25-11-3-4-17(2)14-25/h5-10,12,15,17H,3-4,11,13-14H2,1-2H3,(H,24,26)/t17-/m0/s1. The molecule has 1 atom stereocenters. The molecule has 4 rings (SSSR count). The number of aryl methyl sites for hydroxylation is 1. The Kier molecular flexibility index (Phi) is 5.66. The summed E-state index contributed by atoms with van der Waals surface area (Å²) in [6.07, 6.45) is 3.74. The van der Waals surface area contributed by atoms with E-state index in [1.165, 1.54) is 0 Å². The Bertz CT molecular complexity index is 1170. The van der Waals surface area contributed by atoms with Crippen molar-refractivity contribution in [2.24, 2.45) is 5.92 Å². The highest BCUT2D eigenvalue weighted by Crippen LogP contribution is 2.25. The van der Waals surface area contributed by atoms with Gasteiger partial charge in [0, 0.05) is 29.7 Å². The smallest absolute Gasteiger partial charge is 0.243 e. The van der Waals surface area contributed by atoms with Gasteiger partial charge in [0.05, 0.1) is 17.6 Å². The molecule has 2 aromatic carbocycles. The minimum absolute atomic E-state index is 0.182. The van der Waals surface area contributed by atoms with Crippen LogP contribution in [0.15, 0.2) is 58.0 Å². The third-order valence-corrected chi connectivity index (χ3v) is 7.44. The van der Waals surface area contributed by atoms with E-state index in [0.717, 1.165) is 34.9 Å². The second-order valence-corrected chi connectivity index (χ2v) is 10.1. The number of benzene rings is 2. The minimum Gasteiger partial charge on any atom is -0.464 e. The molecule has 7 heteroatoms. The molecule has 2 heterocycles. The van der Waals surface area contributed by atoms with Crippen molar-refractivity contribution >= 4 is 32.6 Å². The second kappa shape index (κ2) is 8.24. The van der Waals surface area contributed by atoms with E-state index in [1.54, 1.807) is 34.8 Å². The van der Waals surface area contributed by atoms with Crippen molar-refractivity contribution in [3.8, 4) is 0 Å². The summed E-state index contributed by atoms with van der Waals surface area (Å²) >= 11 is 0. The van der Waals surface area contributed by atoms with E-state index in [9.17, 15) is 13.2 Å². The molecule has 0 bridgehead atoms. The van der Waals surface area contributed by atoms with Crippen LogP contribution in [0.2, 0.25) is 0 Å². The van der Waals surface area contributed by atoms with Crippen LogP contribution in [0.25, 0.3) is 11.0 Å². The molecule has 1 amide bonds. The van der Waals surface area contributed by atoms with Crippen LogP contribution in [-0.2, 0) is 21.2 Å². The van der Waals surface area contributed by atoms with Gasteiger partial charge in [0.1, 0.15) is 5.58 Å². The molecule has 30 heavy (non-hydrogen) atoms.